The van der Waals surface area contributed by atoms with Crippen molar-refractivity contribution in [2.24, 2.45) is 11.7 Å². The van der Waals surface area contributed by atoms with Crippen molar-refractivity contribution in [2.75, 3.05) is 11.9 Å². The molecular weight excluding hydrogens is 190 g/mol. The smallest absolute Gasteiger partial charge is 0.215 e. The molecular formula is C10H17N5. The Kier molecular flexibility index (Phi) is 2.38. The van der Waals surface area contributed by atoms with Gasteiger partial charge in [-0.3, -0.25) is 5.41 Å². The highest BCUT2D eigenvalue weighted by Crippen LogP contribution is 2.26. The Hall–Kier alpha value is -1.52. The average Bonchev–Trinajstić information content (AvgIpc) is 2.66. The maximum atomic E-state index is 7.44. The molecule has 0 unspecified atom stereocenters. The number of aromatic nitrogens is 2. The van der Waals surface area contributed by atoms with E-state index in [1.807, 2.05) is 0 Å². The van der Waals surface area contributed by atoms with E-state index in [-0.39, 0.29) is 5.96 Å². The zero-order valence-electron chi connectivity index (χ0n) is 9.17. The second-order valence-corrected chi connectivity index (χ2v) is 4.35. The van der Waals surface area contributed by atoms with Crippen LogP contribution in [0.2, 0.25) is 0 Å². The van der Waals surface area contributed by atoms with Gasteiger partial charge in [-0.25, -0.2) is 0 Å². The van der Waals surface area contributed by atoms with Gasteiger partial charge in [-0.2, -0.15) is 9.78 Å². The molecule has 5 heteroatoms. The van der Waals surface area contributed by atoms with E-state index in [4.69, 9.17) is 11.1 Å². The van der Waals surface area contributed by atoms with E-state index >= 15 is 0 Å². The van der Waals surface area contributed by atoms with Crippen molar-refractivity contribution < 1.29 is 0 Å². The van der Waals surface area contributed by atoms with E-state index in [1.54, 1.807) is 0 Å². The second kappa shape index (κ2) is 3.56. The van der Waals surface area contributed by atoms with Gasteiger partial charge in [0.15, 0.2) is 0 Å². The van der Waals surface area contributed by atoms with Gasteiger partial charge in [0, 0.05) is 12.1 Å². The van der Waals surface area contributed by atoms with Crippen molar-refractivity contribution in [3.8, 4) is 0 Å². The lowest BCUT2D eigenvalue weighted by Crippen LogP contribution is -2.23. The molecule has 0 fully saturated rings. The Labute approximate surface area is 89.2 Å². The molecule has 1 aromatic heterocycles. The fourth-order valence-electron chi connectivity index (χ4n) is 1.97. The molecule has 4 N–H and O–H groups in total. The topological polar surface area (TPSA) is 79.7 Å². The third kappa shape index (κ3) is 1.69. The van der Waals surface area contributed by atoms with Crippen LogP contribution in [0, 0.1) is 11.3 Å². The molecule has 2 heterocycles. The van der Waals surface area contributed by atoms with Crippen molar-refractivity contribution in [3.05, 3.63) is 11.3 Å². The van der Waals surface area contributed by atoms with Crippen molar-refractivity contribution in [2.45, 2.75) is 26.7 Å². The van der Waals surface area contributed by atoms with Gasteiger partial charge in [0.2, 0.25) is 5.96 Å². The Morgan fingerprint density at radius 1 is 1.67 bits per heavy atom. The first kappa shape index (κ1) is 10.0. The normalized spacial score (nSPS) is 14.1. The van der Waals surface area contributed by atoms with E-state index in [0.29, 0.717) is 5.92 Å². The van der Waals surface area contributed by atoms with E-state index in [1.165, 1.54) is 10.2 Å². The van der Waals surface area contributed by atoms with Crippen molar-refractivity contribution in [1.29, 1.82) is 5.41 Å². The zero-order chi connectivity index (χ0) is 11.0. The van der Waals surface area contributed by atoms with Crippen LogP contribution in [0.4, 0.5) is 5.82 Å². The largest absolute Gasteiger partial charge is 0.369 e. The first-order valence-corrected chi connectivity index (χ1v) is 5.28. The summed E-state index contributed by atoms with van der Waals surface area (Å²) >= 11 is 0. The maximum Gasteiger partial charge on any atom is 0.215 e. The minimum Gasteiger partial charge on any atom is -0.369 e. The van der Waals surface area contributed by atoms with Crippen LogP contribution >= 0.6 is 0 Å². The van der Waals surface area contributed by atoms with Gasteiger partial charge in [-0.05, 0) is 18.8 Å². The molecule has 0 saturated heterocycles. The Morgan fingerprint density at radius 2 is 2.40 bits per heavy atom. The van der Waals surface area contributed by atoms with Crippen LogP contribution in [0.15, 0.2) is 0 Å². The van der Waals surface area contributed by atoms with E-state index in [9.17, 15) is 0 Å². The highest BCUT2D eigenvalue weighted by atomic mass is 15.4. The van der Waals surface area contributed by atoms with Gasteiger partial charge in [-0.1, -0.05) is 13.8 Å². The summed E-state index contributed by atoms with van der Waals surface area (Å²) in [6.45, 7) is 5.26. The molecule has 5 nitrogen and oxygen atoms in total. The summed E-state index contributed by atoms with van der Waals surface area (Å²) in [7, 11) is 0. The number of nitrogens with one attached hydrogen (secondary N) is 2. The zero-order valence-corrected chi connectivity index (χ0v) is 9.17. The number of nitrogen functional groups attached to an aromatic ring is 1. The van der Waals surface area contributed by atoms with Gasteiger partial charge in [0.25, 0.3) is 0 Å². The highest BCUT2D eigenvalue weighted by molar-refractivity contribution is 5.81. The summed E-state index contributed by atoms with van der Waals surface area (Å²) in [6, 6.07) is 0. The number of rotatable bonds is 2. The molecule has 1 aromatic rings. The van der Waals surface area contributed by atoms with Crippen LogP contribution in [0.3, 0.4) is 0 Å². The molecule has 1 aliphatic rings. The third-order valence-corrected chi connectivity index (χ3v) is 2.56. The Balaban J connectivity index is 2.40. The number of fused-ring (bicyclic) bond motifs is 1. The quantitative estimate of drug-likeness (QED) is 0.495. The summed E-state index contributed by atoms with van der Waals surface area (Å²) in [5, 5.41) is 15.0. The molecule has 0 atom stereocenters. The molecule has 0 aliphatic carbocycles. The van der Waals surface area contributed by atoms with Gasteiger partial charge in [0.1, 0.15) is 5.82 Å². The molecule has 82 valence electrons. The van der Waals surface area contributed by atoms with Crippen molar-refractivity contribution in [1.82, 2.24) is 9.78 Å². The van der Waals surface area contributed by atoms with Crippen LogP contribution in [-0.2, 0) is 12.8 Å². The number of nitrogens with zero attached hydrogens (tertiary/aromatic N) is 2. The fourth-order valence-corrected chi connectivity index (χ4v) is 1.97. The first-order chi connectivity index (χ1) is 7.09. The SMILES string of the molecule is CC(C)Cc1nn(C(=N)N)c2c1CCN2. The first-order valence-electron chi connectivity index (χ1n) is 5.28. The second-order valence-electron chi connectivity index (χ2n) is 4.35. The van der Waals surface area contributed by atoms with Crippen LogP contribution in [0.25, 0.3) is 0 Å². The van der Waals surface area contributed by atoms with E-state index in [2.05, 4.69) is 24.3 Å². The summed E-state index contributed by atoms with van der Waals surface area (Å²) in [4.78, 5) is 0. The predicted molar refractivity (Wildman–Crippen MR) is 60.3 cm³/mol. The molecule has 2 rings (SSSR count). The van der Waals surface area contributed by atoms with Crippen molar-refractivity contribution in [3.63, 3.8) is 0 Å². The van der Waals surface area contributed by atoms with Crippen LogP contribution in [-0.4, -0.2) is 22.3 Å². The lowest BCUT2D eigenvalue weighted by Gasteiger charge is -2.03. The lowest BCUT2D eigenvalue weighted by atomic mass is 10.0. The molecule has 0 aromatic carbocycles. The van der Waals surface area contributed by atoms with Gasteiger partial charge < -0.3 is 11.1 Å². The van der Waals surface area contributed by atoms with Gasteiger partial charge in [0.05, 0.1) is 5.69 Å². The molecule has 0 radical (unpaired) electrons. The minimum atomic E-state index is -0.0179. The Morgan fingerprint density at radius 3 is 3.00 bits per heavy atom. The monoisotopic (exact) mass is 207 g/mol. The molecule has 15 heavy (non-hydrogen) atoms. The van der Waals surface area contributed by atoms with Gasteiger partial charge in [-0.15, -0.1) is 0 Å². The number of nitrogens with two attached hydrogens (primary N) is 1. The number of hydrogen-bond acceptors (Lipinski definition) is 3. The predicted octanol–water partition coefficient (Wildman–Crippen LogP) is 0.791. The molecule has 0 saturated carbocycles. The summed E-state index contributed by atoms with van der Waals surface area (Å²) < 4.78 is 1.50. The average molecular weight is 207 g/mol. The van der Waals surface area contributed by atoms with Crippen LogP contribution in [0.1, 0.15) is 25.1 Å². The highest BCUT2D eigenvalue weighted by Gasteiger charge is 2.23. The molecule has 0 bridgehead atoms. The van der Waals surface area contributed by atoms with Crippen LogP contribution < -0.4 is 11.1 Å². The Bertz CT molecular complexity index is 391. The number of anilines is 1. The standard InChI is InChI=1S/C10H17N5/c1-6(2)5-8-7-3-4-13-9(7)15(14-8)10(11)12/h6,13H,3-5H2,1-2H3,(H3,11,12). The summed E-state index contributed by atoms with van der Waals surface area (Å²) in [5.74, 6) is 1.47. The molecule has 0 amide bonds. The lowest BCUT2D eigenvalue weighted by molar-refractivity contribution is 0.625. The summed E-state index contributed by atoms with van der Waals surface area (Å²) in [6.07, 6.45) is 1.94. The van der Waals surface area contributed by atoms with Crippen molar-refractivity contribution >= 4 is 11.8 Å². The van der Waals surface area contributed by atoms with Gasteiger partial charge >= 0.3 is 0 Å². The molecule has 1 aliphatic heterocycles. The summed E-state index contributed by atoms with van der Waals surface area (Å²) in [5.41, 5.74) is 7.79. The van der Waals surface area contributed by atoms with E-state index < -0.39 is 0 Å². The maximum absolute atomic E-state index is 7.44. The number of hydrogen-bond donors (Lipinski definition) is 3. The van der Waals surface area contributed by atoms with Crippen LogP contribution in [0.5, 0.6) is 0 Å². The van der Waals surface area contributed by atoms with E-state index in [0.717, 1.165) is 30.9 Å². The fraction of sp³-hybridized carbons (Fsp3) is 0.600. The minimum absolute atomic E-state index is 0.0179. The third-order valence-electron chi connectivity index (χ3n) is 2.56. The molecule has 0 spiro atoms.